The van der Waals surface area contributed by atoms with Crippen molar-refractivity contribution in [2.75, 3.05) is 19.1 Å². The molecule has 10 heteroatoms. The van der Waals surface area contributed by atoms with Crippen LogP contribution in [0.15, 0.2) is 42.5 Å². The standard InChI is InChI=1S/C27H34N6O4/c1-5-22(27(35)28-20-8-6-7-9-20)33(21-13-10-18(2)11-14-21)25(34)17-32-30-26(29-31-32)19-12-15-23(36-3)24(16-19)37-4/h10-16,20,22H,5-9,17H2,1-4H3,(H,28,35). The molecule has 3 aromatic rings. The van der Waals surface area contributed by atoms with Crippen LogP contribution in [0.3, 0.4) is 0 Å². The number of hydrogen-bond donors (Lipinski definition) is 1. The van der Waals surface area contributed by atoms with Crippen molar-refractivity contribution in [3.8, 4) is 22.9 Å². The van der Waals surface area contributed by atoms with E-state index in [0.717, 1.165) is 31.2 Å². The van der Waals surface area contributed by atoms with Crippen molar-refractivity contribution >= 4 is 17.5 Å². The number of rotatable bonds is 10. The van der Waals surface area contributed by atoms with Gasteiger partial charge in [-0.3, -0.25) is 14.5 Å². The number of tetrazole rings is 1. The van der Waals surface area contributed by atoms with Gasteiger partial charge in [-0.1, -0.05) is 37.5 Å². The van der Waals surface area contributed by atoms with Crippen LogP contribution in [0, 0.1) is 6.92 Å². The van der Waals surface area contributed by atoms with E-state index in [2.05, 4.69) is 20.7 Å². The fraction of sp³-hybridized carbons (Fsp3) is 0.444. The van der Waals surface area contributed by atoms with Gasteiger partial charge in [0.05, 0.1) is 14.2 Å². The number of nitrogens with one attached hydrogen (secondary N) is 1. The first kappa shape index (κ1) is 26.1. The number of methoxy groups -OCH3 is 2. The van der Waals surface area contributed by atoms with Gasteiger partial charge in [0.15, 0.2) is 11.5 Å². The zero-order chi connectivity index (χ0) is 26.4. The Hall–Kier alpha value is -3.95. The maximum atomic E-state index is 13.7. The summed E-state index contributed by atoms with van der Waals surface area (Å²) < 4.78 is 10.6. The molecule has 1 aliphatic carbocycles. The maximum absolute atomic E-state index is 13.7. The fourth-order valence-corrected chi connectivity index (χ4v) is 4.65. The van der Waals surface area contributed by atoms with Crippen LogP contribution in [-0.4, -0.2) is 58.3 Å². The third-order valence-electron chi connectivity index (χ3n) is 6.65. The number of aromatic nitrogens is 4. The molecule has 1 atom stereocenters. The lowest BCUT2D eigenvalue weighted by molar-refractivity contribution is -0.127. The smallest absolute Gasteiger partial charge is 0.251 e. The van der Waals surface area contributed by atoms with Gasteiger partial charge in [-0.25, -0.2) is 0 Å². The van der Waals surface area contributed by atoms with E-state index in [4.69, 9.17) is 9.47 Å². The van der Waals surface area contributed by atoms with Gasteiger partial charge in [-0.15, -0.1) is 10.2 Å². The van der Waals surface area contributed by atoms with Gasteiger partial charge < -0.3 is 14.8 Å². The predicted molar refractivity (Wildman–Crippen MR) is 139 cm³/mol. The summed E-state index contributed by atoms with van der Waals surface area (Å²) in [6.07, 6.45) is 4.65. The molecule has 2 aromatic carbocycles. The second-order valence-electron chi connectivity index (χ2n) is 9.23. The molecule has 10 nitrogen and oxygen atoms in total. The Morgan fingerprint density at radius 3 is 2.43 bits per heavy atom. The Morgan fingerprint density at radius 2 is 1.78 bits per heavy atom. The second kappa shape index (κ2) is 11.9. The highest BCUT2D eigenvalue weighted by Gasteiger charge is 2.32. The van der Waals surface area contributed by atoms with Crippen molar-refractivity contribution < 1.29 is 19.1 Å². The lowest BCUT2D eigenvalue weighted by Crippen LogP contribution is -2.52. The number of amides is 2. The minimum Gasteiger partial charge on any atom is -0.493 e. The van der Waals surface area contributed by atoms with Gasteiger partial charge in [0.25, 0.3) is 5.91 Å². The molecule has 1 aromatic heterocycles. The van der Waals surface area contributed by atoms with E-state index in [-0.39, 0.29) is 24.4 Å². The summed E-state index contributed by atoms with van der Waals surface area (Å²) >= 11 is 0. The molecular weight excluding hydrogens is 472 g/mol. The molecule has 0 aliphatic heterocycles. The zero-order valence-corrected chi connectivity index (χ0v) is 21.8. The highest BCUT2D eigenvalue weighted by Crippen LogP contribution is 2.31. The van der Waals surface area contributed by atoms with E-state index in [1.54, 1.807) is 37.3 Å². The van der Waals surface area contributed by atoms with Crippen molar-refractivity contribution in [2.24, 2.45) is 0 Å². The van der Waals surface area contributed by atoms with Crippen molar-refractivity contribution in [2.45, 2.75) is 64.6 Å². The van der Waals surface area contributed by atoms with Crippen molar-refractivity contribution in [3.05, 3.63) is 48.0 Å². The van der Waals surface area contributed by atoms with Gasteiger partial charge >= 0.3 is 0 Å². The van der Waals surface area contributed by atoms with E-state index >= 15 is 0 Å². The Labute approximate surface area is 216 Å². The number of hydrogen-bond acceptors (Lipinski definition) is 7. The maximum Gasteiger partial charge on any atom is 0.251 e. The largest absolute Gasteiger partial charge is 0.493 e. The molecular formula is C27H34N6O4. The lowest BCUT2D eigenvalue weighted by Gasteiger charge is -2.31. The number of aryl methyl sites for hydroxylation is 1. The molecule has 1 aliphatic rings. The minimum absolute atomic E-state index is 0.138. The van der Waals surface area contributed by atoms with Crippen molar-refractivity contribution in [1.29, 1.82) is 0 Å². The van der Waals surface area contributed by atoms with Crippen LogP contribution < -0.4 is 19.7 Å². The monoisotopic (exact) mass is 506 g/mol. The van der Waals surface area contributed by atoms with Crippen LogP contribution >= 0.6 is 0 Å². The van der Waals surface area contributed by atoms with Crippen LogP contribution in [0.1, 0.15) is 44.6 Å². The number of ether oxygens (including phenoxy) is 2. The number of anilines is 1. The highest BCUT2D eigenvalue weighted by molar-refractivity contribution is 6.00. The summed E-state index contributed by atoms with van der Waals surface area (Å²) in [5.41, 5.74) is 2.40. The topological polar surface area (TPSA) is 111 Å². The SMILES string of the molecule is CCC(C(=O)NC1CCCC1)N(C(=O)Cn1nnc(-c2ccc(OC)c(OC)c2)n1)c1ccc(C)cc1. The molecule has 37 heavy (non-hydrogen) atoms. The molecule has 1 fully saturated rings. The molecule has 1 N–H and O–H groups in total. The number of benzene rings is 2. The Kier molecular flexibility index (Phi) is 8.37. The Bertz CT molecular complexity index is 1220. The molecule has 196 valence electrons. The number of carbonyl (C=O) groups excluding carboxylic acids is 2. The summed E-state index contributed by atoms with van der Waals surface area (Å²) in [7, 11) is 3.12. The summed E-state index contributed by atoms with van der Waals surface area (Å²) in [6, 6.07) is 12.4. The average molecular weight is 507 g/mol. The molecule has 0 spiro atoms. The lowest BCUT2D eigenvalue weighted by atomic mass is 10.1. The molecule has 1 heterocycles. The van der Waals surface area contributed by atoms with Crippen LogP contribution in [0.4, 0.5) is 5.69 Å². The molecule has 0 saturated heterocycles. The van der Waals surface area contributed by atoms with Crippen LogP contribution in [0.25, 0.3) is 11.4 Å². The first-order chi connectivity index (χ1) is 17.9. The van der Waals surface area contributed by atoms with E-state index in [9.17, 15) is 9.59 Å². The van der Waals surface area contributed by atoms with Crippen LogP contribution in [0.5, 0.6) is 11.5 Å². The van der Waals surface area contributed by atoms with E-state index in [1.165, 1.54) is 4.80 Å². The first-order valence-corrected chi connectivity index (χ1v) is 12.6. The zero-order valence-electron chi connectivity index (χ0n) is 21.8. The highest BCUT2D eigenvalue weighted by atomic mass is 16.5. The van der Waals surface area contributed by atoms with Gasteiger partial charge in [-0.2, -0.15) is 4.80 Å². The predicted octanol–water partition coefficient (Wildman–Crippen LogP) is 3.54. The number of carbonyl (C=O) groups is 2. The summed E-state index contributed by atoms with van der Waals surface area (Å²) in [6.45, 7) is 3.73. The molecule has 2 amide bonds. The van der Waals surface area contributed by atoms with Crippen LogP contribution in [0.2, 0.25) is 0 Å². The molecule has 0 bridgehead atoms. The minimum atomic E-state index is -0.648. The second-order valence-corrected chi connectivity index (χ2v) is 9.23. The first-order valence-electron chi connectivity index (χ1n) is 12.6. The van der Waals surface area contributed by atoms with Gasteiger partial charge in [0.1, 0.15) is 12.6 Å². The summed E-state index contributed by atoms with van der Waals surface area (Å²) in [5.74, 6) is 1.04. The van der Waals surface area contributed by atoms with Gasteiger partial charge in [0.2, 0.25) is 11.7 Å². The van der Waals surface area contributed by atoms with E-state index in [0.29, 0.717) is 35.0 Å². The molecule has 1 saturated carbocycles. The third kappa shape index (κ3) is 6.07. The summed E-state index contributed by atoms with van der Waals surface area (Å²) in [5, 5.41) is 15.8. The van der Waals surface area contributed by atoms with Gasteiger partial charge in [-0.05, 0) is 61.7 Å². The van der Waals surface area contributed by atoms with Crippen LogP contribution in [-0.2, 0) is 16.1 Å². The average Bonchev–Trinajstić information content (AvgIpc) is 3.59. The number of nitrogens with zero attached hydrogens (tertiary/aromatic N) is 5. The fourth-order valence-electron chi connectivity index (χ4n) is 4.65. The Balaban J connectivity index is 1.57. The van der Waals surface area contributed by atoms with E-state index in [1.807, 2.05) is 38.1 Å². The van der Waals surface area contributed by atoms with Gasteiger partial charge in [0, 0.05) is 17.3 Å². The van der Waals surface area contributed by atoms with Crippen molar-refractivity contribution in [3.63, 3.8) is 0 Å². The third-order valence-corrected chi connectivity index (χ3v) is 6.65. The molecule has 4 rings (SSSR count). The molecule has 1 unspecified atom stereocenters. The normalized spacial score (nSPS) is 14.3. The summed E-state index contributed by atoms with van der Waals surface area (Å²) in [4.78, 5) is 29.7. The Morgan fingerprint density at radius 1 is 1.08 bits per heavy atom. The quantitative estimate of drug-likeness (QED) is 0.448. The van der Waals surface area contributed by atoms with Crippen molar-refractivity contribution in [1.82, 2.24) is 25.5 Å². The van der Waals surface area contributed by atoms with E-state index < -0.39 is 6.04 Å². The molecule has 0 radical (unpaired) electrons.